The Hall–Kier alpha value is -3.00. The van der Waals surface area contributed by atoms with Crippen LogP contribution in [0.2, 0.25) is 0 Å². The van der Waals surface area contributed by atoms with Gasteiger partial charge in [0.15, 0.2) is 17.2 Å². The molecule has 30 heavy (non-hydrogen) atoms. The first-order valence-electron chi connectivity index (χ1n) is 10.3. The Kier molecular flexibility index (Phi) is 6.23. The van der Waals surface area contributed by atoms with Gasteiger partial charge in [-0.15, -0.1) is 0 Å². The van der Waals surface area contributed by atoms with Crippen molar-refractivity contribution in [2.45, 2.75) is 38.8 Å². The summed E-state index contributed by atoms with van der Waals surface area (Å²) >= 11 is 0. The molecule has 160 valence electrons. The number of nitrogens with zero attached hydrogens (tertiary/aromatic N) is 2. The molecule has 0 unspecified atom stereocenters. The number of anilines is 1. The lowest BCUT2D eigenvalue weighted by Gasteiger charge is -2.23. The summed E-state index contributed by atoms with van der Waals surface area (Å²) in [5, 5.41) is 2.89. The standard InChI is InChI=1S/C22H27N3O5/c1-28-21-13-25(17(11-18(21)26)12-24-8-4-2-3-5-9-24)14-22(27)23-16-6-7-19-20(10-16)30-15-29-19/h6-7,10-11,13H,2-5,8-9,12,14-15H2,1H3,(H,23,27). The number of methoxy groups -OCH3 is 1. The number of amides is 1. The molecule has 8 nitrogen and oxygen atoms in total. The number of aromatic nitrogens is 1. The number of ether oxygens (including phenoxy) is 3. The van der Waals surface area contributed by atoms with Crippen LogP contribution < -0.4 is 25.0 Å². The molecular formula is C22H27N3O5. The van der Waals surface area contributed by atoms with Crippen molar-refractivity contribution in [3.05, 3.63) is 46.4 Å². The summed E-state index contributed by atoms with van der Waals surface area (Å²) in [5.41, 5.74) is 1.27. The lowest BCUT2D eigenvalue weighted by atomic mass is 10.2. The molecule has 1 fully saturated rings. The Balaban J connectivity index is 1.51. The van der Waals surface area contributed by atoms with E-state index in [1.807, 2.05) is 0 Å². The van der Waals surface area contributed by atoms with Crippen molar-refractivity contribution in [3.8, 4) is 17.2 Å². The van der Waals surface area contributed by atoms with Crippen molar-refractivity contribution in [2.24, 2.45) is 0 Å². The van der Waals surface area contributed by atoms with Crippen LogP contribution in [0.15, 0.2) is 35.3 Å². The van der Waals surface area contributed by atoms with E-state index in [1.54, 1.807) is 35.0 Å². The number of fused-ring (bicyclic) bond motifs is 1. The van der Waals surface area contributed by atoms with Crippen LogP contribution in [0.4, 0.5) is 5.69 Å². The third-order valence-electron chi connectivity index (χ3n) is 5.46. The molecule has 2 aliphatic heterocycles. The lowest BCUT2D eigenvalue weighted by Crippen LogP contribution is -2.29. The van der Waals surface area contributed by atoms with E-state index in [9.17, 15) is 9.59 Å². The van der Waals surface area contributed by atoms with Gasteiger partial charge in [-0.05, 0) is 38.1 Å². The second-order valence-corrected chi connectivity index (χ2v) is 7.63. The molecule has 0 spiro atoms. The highest BCUT2D eigenvalue weighted by Crippen LogP contribution is 2.34. The van der Waals surface area contributed by atoms with E-state index in [-0.39, 0.29) is 30.4 Å². The first-order valence-corrected chi connectivity index (χ1v) is 10.3. The van der Waals surface area contributed by atoms with Crippen LogP contribution >= 0.6 is 0 Å². The fraction of sp³-hybridized carbons (Fsp3) is 0.455. The Morgan fingerprint density at radius 3 is 2.63 bits per heavy atom. The summed E-state index contributed by atoms with van der Waals surface area (Å²) in [7, 11) is 1.46. The van der Waals surface area contributed by atoms with Crippen LogP contribution in [0, 0.1) is 0 Å². The molecule has 1 aromatic heterocycles. The number of carbonyl (C=O) groups is 1. The van der Waals surface area contributed by atoms with Gasteiger partial charge < -0.3 is 24.1 Å². The maximum Gasteiger partial charge on any atom is 0.244 e. The minimum absolute atomic E-state index is 0.0776. The third kappa shape index (κ3) is 4.76. The second kappa shape index (κ2) is 9.21. The molecule has 2 aliphatic rings. The zero-order valence-corrected chi connectivity index (χ0v) is 17.2. The first-order chi connectivity index (χ1) is 14.6. The monoisotopic (exact) mass is 413 g/mol. The highest BCUT2D eigenvalue weighted by Gasteiger charge is 2.17. The van der Waals surface area contributed by atoms with E-state index in [2.05, 4.69) is 10.2 Å². The Labute approximate surface area is 175 Å². The number of benzene rings is 1. The Bertz CT molecular complexity index is 964. The van der Waals surface area contributed by atoms with Crippen LogP contribution in [0.1, 0.15) is 31.4 Å². The average Bonchev–Trinajstić information content (AvgIpc) is 3.04. The van der Waals surface area contributed by atoms with Gasteiger partial charge in [-0.1, -0.05) is 12.8 Å². The van der Waals surface area contributed by atoms with Crippen molar-refractivity contribution < 1.29 is 19.0 Å². The molecule has 1 N–H and O–H groups in total. The van der Waals surface area contributed by atoms with Gasteiger partial charge in [0.1, 0.15) is 6.54 Å². The molecule has 1 amide bonds. The highest BCUT2D eigenvalue weighted by atomic mass is 16.7. The summed E-state index contributed by atoms with van der Waals surface area (Å²) in [6.07, 6.45) is 6.42. The molecule has 4 rings (SSSR count). The van der Waals surface area contributed by atoms with Crippen molar-refractivity contribution in [1.82, 2.24) is 9.47 Å². The second-order valence-electron chi connectivity index (χ2n) is 7.63. The van der Waals surface area contributed by atoms with Crippen molar-refractivity contribution in [1.29, 1.82) is 0 Å². The van der Waals surface area contributed by atoms with Crippen molar-refractivity contribution in [2.75, 3.05) is 32.3 Å². The first kappa shape index (κ1) is 20.3. The molecular weight excluding hydrogens is 386 g/mol. The third-order valence-corrected chi connectivity index (χ3v) is 5.46. The molecule has 1 saturated heterocycles. The van der Waals surface area contributed by atoms with E-state index in [1.165, 1.54) is 20.0 Å². The number of rotatable bonds is 6. The summed E-state index contributed by atoms with van der Waals surface area (Å²) < 4.78 is 17.7. The number of nitrogens with one attached hydrogen (secondary N) is 1. The largest absolute Gasteiger partial charge is 0.491 e. The van der Waals surface area contributed by atoms with Gasteiger partial charge >= 0.3 is 0 Å². The lowest BCUT2D eigenvalue weighted by molar-refractivity contribution is -0.116. The molecule has 0 aliphatic carbocycles. The summed E-state index contributed by atoms with van der Waals surface area (Å²) in [4.78, 5) is 27.4. The minimum Gasteiger partial charge on any atom is -0.491 e. The maximum absolute atomic E-state index is 12.7. The molecule has 1 aromatic carbocycles. The fourth-order valence-electron chi connectivity index (χ4n) is 3.88. The fourth-order valence-corrected chi connectivity index (χ4v) is 3.88. The van der Waals surface area contributed by atoms with E-state index < -0.39 is 0 Å². The van der Waals surface area contributed by atoms with Gasteiger partial charge in [-0.2, -0.15) is 0 Å². The van der Waals surface area contributed by atoms with Crippen molar-refractivity contribution >= 4 is 11.6 Å². The molecule has 0 bridgehead atoms. The van der Waals surface area contributed by atoms with Crippen LogP contribution in [-0.4, -0.2) is 42.4 Å². The predicted molar refractivity (Wildman–Crippen MR) is 112 cm³/mol. The number of carbonyl (C=O) groups excluding carboxylic acids is 1. The molecule has 0 radical (unpaired) electrons. The van der Waals surface area contributed by atoms with Crippen LogP contribution in [0.3, 0.4) is 0 Å². The van der Waals surface area contributed by atoms with Gasteiger partial charge in [-0.25, -0.2) is 0 Å². The maximum atomic E-state index is 12.7. The van der Waals surface area contributed by atoms with Gasteiger partial charge in [0, 0.05) is 30.1 Å². The quantitative estimate of drug-likeness (QED) is 0.784. The summed E-state index contributed by atoms with van der Waals surface area (Å²) in [5.74, 6) is 1.31. The topological polar surface area (TPSA) is 82.0 Å². The van der Waals surface area contributed by atoms with Gasteiger partial charge in [0.25, 0.3) is 0 Å². The Morgan fingerprint density at radius 2 is 1.87 bits per heavy atom. The number of hydrogen-bond acceptors (Lipinski definition) is 6. The number of likely N-dealkylation sites (tertiary alicyclic amines) is 1. The highest BCUT2D eigenvalue weighted by molar-refractivity contribution is 5.91. The van der Waals surface area contributed by atoms with Gasteiger partial charge in [-0.3, -0.25) is 14.5 Å². The average molecular weight is 413 g/mol. The van der Waals surface area contributed by atoms with E-state index in [0.717, 1.165) is 31.6 Å². The molecule has 0 atom stereocenters. The molecule has 2 aromatic rings. The normalized spacial score (nSPS) is 16.2. The van der Waals surface area contributed by atoms with Crippen LogP contribution in [-0.2, 0) is 17.9 Å². The minimum atomic E-state index is -0.198. The van der Waals surface area contributed by atoms with Crippen molar-refractivity contribution in [3.63, 3.8) is 0 Å². The molecule has 3 heterocycles. The number of hydrogen-bond donors (Lipinski definition) is 1. The molecule has 0 saturated carbocycles. The van der Waals surface area contributed by atoms with E-state index in [4.69, 9.17) is 14.2 Å². The SMILES string of the molecule is COc1cn(CC(=O)Nc2ccc3c(c2)OCO3)c(CN2CCCCCC2)cc1=O. The smallest absolute Gasteiger partial charge is 0.244 e. The van der Waals surface area contributed by atoms with Crippen LogP contribution in [0.5, 0.6) is 17.2 Å². The zero-order chi connectivity index (χ0) is 20.9. The van der Waals surface area contributed by atoms with Gasteiger partial charge in [0.05, 0.1) is 13.3 Å². The van der Waals surface area contributed by atoms with E-state index in [0.29, 0.717) is 23.7 Å². The Morgan fingerprint density at radius 1 is 1.10 bits per heavy atom. The summed E-state index contributed by atoms with van der Waals surface area (Å²) in [6.45, 7) is 2.90. The summed E-state index contributed by atoms with van der Waals surface area (Å²) in [6, 6.07) is 6.86. The predicted octanol–water partition coefficient (Wildman–Crippen LogP) is 2.60. The van der Waals surface area contributed by atoms with Gasteiger partial charge in [0.2, 0.25) is 18.1 Å². The van der Waals surface area contributed by atoms with E-state index >= 15 is 0 Å². The zero-order valence-electron chi connectivity index (χ0n) is 17.2. The van der Waals surface area contributed by atoms with Crippen LogP contribution in [0.25, 0.3) is 0 Å². The number of pyridine rings is 1. The molecule has 8 heteroatoms.